The minimum Gasteiger partial charge on any atom is -0.492 e. The maximum absolute atomic E-state index is 13.8. The monoisotopic (exact) mass is 535 g/mol. The molecule has 0 aromatic heterocycles. The van der Waals surface area contributed by atoms with Crippen LogP contribution in [0.4, 0.5) is 0 Å². The van der Waals surface area contributed by atoms with E-state index < -0.39 is 0 Å². The lowest BCUT2D eigenvalue weighted by Crippen LogP contribution is -2.50. The second-order valence-corrected chi connectivity index (χ2v) is 11.4. The summed E-state index contributed by atoms with van der Waals surface area (Å²) in [6.45, 7) is 9.08. The highest BCUT2D eigenvalue weighted by molar-refractivity contribution is 5.82. The van der Waals surface area contributed by atoms with Crippen LogP contribution in [-0.2, 0) is 22.5 Å². The number of benzene rings is 2. The lowest BCUT2D eigenvalue weighted by atomic mass is 9.73. The van der Waals surface area contributed by atoms with Crippen LogP contribution in [0.5, 0.6) is 11.5 Å². The highest BCUT2D eigenvalue weighted by Crippen LogP contribution is 2.39. The van der Waals surface area contributed by atoms with Crippen molar-refractivity contribution in [3.63, 3.8) is 0 Å². The molecule has 2 aromatic carbocycles. The van der Waals surface area contributed by atoms with Crippen LogP contribution in [0.2, 0.25) is 0 Å². The maximum atomic E-state index is 13.8. The van der Waals surface area contributed by atoms with Gasteiger partial charge in [-0.1, -0.05) is 42.8 Å². The summed E-state index contributed by atoms with van der Waals surface area (Å²) in [5.41, 5.74) is 2.24. The number of likely N-dealkylation sites (N-methyl/N-ethyl adjacent to an activating group) is 1. The maximum Gasteiger partial charge on any atom is 0.228 e. The first-order valence-corrected chi connectivity index (χ1v) is 14.8. The van der Waals surface area contributed by atoms with Gasteiger partial charge in [-0.05, 0) is 62.9 Å². The number of morpholine rings is 1. The minimum atomic E-state index is -0.266. The zero-order chi connectivity index (χ0) is 26.9. The van der Waals surface area contributed by atoms with Crippen LogP contribution in [0.25, 0.3) is 0 Å². The van der Waals surface area contributed by atoms with Gasteiger partial charge >= 0.3 is 0 Å². The highest BCUT2D eigenvalue weighted by Gasteiger charge is 2.42. The van der Waals surface area contributed by atoms with Crippen LogP contribution in [-0.4, -0.2) is 93.4 Å². The quantitative estimate of drug-likeness (QED) is 0.552. The van der Waals surface area contributed by atoms with Gasteiger partial charge in [-0.2, -0.15) is 0 Å². The van der Waals surface area contributed by atoms with E-state index >= 15 is 0 Å². The number of ether oxygens (including phenoxy) is 3. The standard InChI is InChI=1S/C32H45N3O4/c1-33-18-24-38-29-11-4-2-8-27(29)9-6-7-13-32(31(33)36)14-16-35(17-15-32)26-28-10-3-5-12-30(28)39-25-21-34-19-22-37-23-20-34/h2-5,8,10-12H,6-7,9,13-26H2,1H3. The molecule has 7 heteroatoms. The first kappa shape index (κ1) is 27.9. The summed E-state index contributed by atoms with van der Waals surface area (Å²) < 4.78 is 17.8. The number of amides is 1. The molecule has 0 aliphatic carbocycles. The smallest absolute Gasteiger partial charge is 0.228 e. The fourth-order valence-electron chi connectivity index (χ4n) is 6.26. The molecule has 3 aliphatic heterocycles. The van der Waals surface area contributed by atoms with Gasteiger partial charge in [0.25, 0.3) is 0 Å². The highest BCUT2D eigenvalue weighted by atomic mass is 16.5. The van der Waals surface area contributed by atoms with Crippen molar-refractivity contribution < 1.29 is 19.0 Å². The van der Waals surface area contributed by atoms with Crippen molar-refractivity contribution in [3.8, 4) is 11.5 Å². The van der Waals surface area contributed by atoms with E-state index in [9.17, 15) is 4.79 Å². The molecule has 5 rings (SSSR count). The molecule has 3 aliphatic rings. The van der Waals surface area contributed by atoms with Crippen LogP contribution in [0, 0.1) is 5.41 Å². The van der Waals surface area contributed by atoms with Gasteiger partial charge in [-0.3, -0.25) is 14.6 Å². The molecular formula is C32H45N3O4. The van der Waals surface area contributed by atoms with Gasteiger partial charge in [0.1, 0.15) is 24.7 Å². The summed E-state index contributed by atoms with van der Waals surface area (Å²) in [6.07, 6.45) is 5.94. The molecule has 0 saturated carbocycles. The predicted molar refractivity (Wildman–Crippen MR) is 153 cm³/mol. The van der Waals surface area contributed by atoms with Gasteiger partial charge in [-0.15, -0.1) is 0 Å². The third-order valence-electron chi connectivity index (χ3n) is 8.76. The molecule has 2 saturated heterocycles. The van der Waals surface area contributed by atoms with E-state index in [1.54, 1.807) is 0 Å². The molecule has 1 amide bonds. The first-order chi connectivity index (χ1) is 19.1. The number of fused-ring (bicyclic) bond motifs is 1. The Morgan fingerprint density at radius 2 is 1.62 bits per heavy atom. The van der Waals surface area contributed by atoms with Crippen molar-refractivity contribution in [1.82, 2.24) is 14.7 Å². The van der Waals surface area contributed by atoms with Crippen molar-refractivity contribution in [3.05, 3.63) is 59.7 Å². The summed E-state index contributed by atoms with van der Waals surface area (Å²) in [5.74, 6) is 2.24. The number of likely N-dealkylation sites (tertiary alicyclic amines) is 1. The minimum absolute atomic E-state index is 0.266. The second-order valence-electron chi connectivity index (χ2n) is 11.4. The molecule has 39 heavy (non-hydrogen) atoms. The molecule has 0 atom stereocenters. The Kier molecular flexibility index (Phi) is 9.77. The molecule has 0 unspecified atom stereocenters. The Labute approximate surface area is 234 Å². The number of aryl methyl sites for hydroxylation is 1. The number of carbonyl (C=O) groups excluding carboxylic acids is 1. The summed E-state index contributed by atoms with van der Waals surface area (Å²) in [7, 11) is 1.95. The Bertz CT molecular complexity index is 1060. The fourth-order valence-corrected chi connectivity index (χ4v) is 6.26. The zero-order valence-electron chi connectivity index (χ0n) is 23.6. The van der Waals surface area contributed by atoms with Gasteiger partial charge in [-0.25, -0.2) is 0 Å². The third-order valence-corrected chi connectivity index (χ3v) is 8.76. The number of para-hydroxylation sites is 2. The van der Waals surface area contributed by atoms with Crippen molar-refractivity contribution in [2.75, 3.05) is 72.7 Å². The number of carbonyl (C=O) groups is 1. The Balaban J connectivity index is 1.17. The Morgan fingerprint density at radius 1 is 0.846 bits per heavy atom. The molecule has 2 aromatic rings. The van der Waals surface area contributed by atoms with Crippen LogP contribution >= 0.6 is 0 Å². The summed E-state index contributed by atoms with van der Waals surface area (Å²) in [6, 6.07) is 16.8. The fraction of sp³-hybridized carbons (Fsp3) is 0.594. The van der Waals surface area contributed by atoms with E-state index in [0.29, 0.717) is 25.7 Å². The lowest BCUT2D eigenvalue weighted by molar-refractivity contribution is -0.145. The van der Waals surface area contributed by atoms with Crippen LogP contribution in [0.3, 0.4) is 0 Å². The van der Waals surface area contributed by atoms with Crippen LogP contribution in [0.1, 0.15) is 43.2 Å². The van der Waals surface area contributed by atoms with Gasteiger partial charge in [0, 0.05) is 38.8 Å². The topological polar surface area (TPSA) is 54.5 Å². The van der Waals surface area contributed by atoms with Crippen molar-refractivity contribution in [1.29, 1.82) is 0 Å². The van der Waals surface area contributed by atoms with E-state index in [0.717, 1.165) is 103 Å². The second kappa shape index (κ2) is 13.6. The van der Waals surface area contributed by atoms with E-state index in [1.807, 2.05) is 24.1 Å². The molecule has 3 heterocycles. The van der Waals surface area contributed by atoms with Crippen molar-refractivity contribution >= 4 is 5.91 Å². The molecule has 0 bridgehead atoms. The van der Waals surface area contributed by atoms with Gasteiger partial charge in [0.15, 0.2) is 0 Å². The summed E-state index contributed by atoms with van der Waals surface area (Å²) in [4.78, 5) is 20.6. The molecule has 7 nitrogen and oxygen atoms in total. The number of rotatable bonds is 6. The first-order valence-electron chi connectivity index (χ1n) is 14.8. The average Bonchev–Trinajstić information content (AvgIpc) is 2.97. The normalized spacial score (nSPS) is 21.5. The summed E-state index contributed by atoms with van der Waals surface area (Å²) >= 11 is 0. The molecule has 0 N–H and O–H groups in total. The van der Waals surface area contributed by atoms with E-state index in [-0.39, 0.29) is 5.41 Å². The van der Waals surface area contributed by atoms with Gasteiger partial charge in [0.05, 0.1) is 25.2 Å². The Hall–Kier alpha value is -2.61. The molecule has 1 spiro atoms. The largest absolute Gasteiger partial charge is 0.492 e. The van der Waals surface area contributed by atoms with E-state index in [2.05, 4.69) is 46.2 Å². The molecule has 0 radical (unpaired) electrons. The molecule has 2 fully saturated rings. The van der Waals surface area contributed by atoms with E-state index in [1.165, 1.54) is 11.1 Å². The Morgan fingerprint density at radius 3 is 2.46 bits per heavy atom. The molecular weight excluding hydrogens is 490 g/mol. The number of piperidine rings is 1. The SMILES string of the molecule is CN1CCOc2ccccc2CCCCC2(CCN(Cc3ccccc3OCCN3CCOCC3)CC2)C1=O. The predicted octanol–water partition coefficient (Wildman–Crippen LogP) is 4.24. The number of hydrogen-bond donors (Lipinski definition) is 0. The van der Waals surface area contributed by atoms with Crippen molar-refractivity contribution in [2.45, 2.75) is 45.1 Å². The zero-order valence-corrected chi connectivity index (χ0v) is 23.6. The summed E-state index contributed by atoms with van der Waals surface area (Å²) in [5, 5.41) is 0. The lowest BCUT2D eigenvalue weighted by Gasteiger charge is -2.43. The number of nitrogens with zero attached hydrogens (tertiary/aromatic N) is 3. The van der Waals surface area contributed by atoms with E-state index in [4.69, 9.17) is 14.2 Å². The van der Waals surface area contributed by atoms with Crippen LogP contribution < -0.4 is 9.47 Å². The third kappa shape index (κ3) is 7.33. The average molecular weight is 536 g/mol. The number of hydrogen-bond acceptors (Lipinski definition) is 6. The van der Waals surface area contributed by atoms with Crippen molar-refractivity contribution in [2.24, 2.45) is 5.41 Å². The van der Waals surface area contributed by atoms with Gasteiger partial charge in [0.2, 0.25) is 5.91 Å². The van der Waals surface area contributed by atoms with Crippen LogP contribution in [0.15, 0.2) is 48.5 Å². The molecule has 212 valence electrons. The van der Waals surface area contributed by atoms with Gasteiger partial charge < -0.3 is 19.1 Å².